The van der Waals surface area contributed by atoms with E-state index in [1.54, 1.807) is 0 Å². The Kier molecular flexibility index (Phi) is 3.43. The molecule has 0 bridgehead atoms. The van der Waals surface area contributed by atoms with Crippen LogP contribution in [0.15, 0.2) is 32.4 Å². The fraction of sp³-hybridized carbons (Fsp3) is 0.250. The van der Waals surface area contributed by atoms with E-state index in [1.165, 1.54) is 10.8 Å². The van der Waals surface area contributed by atoms with E-state index >= 15 is 0 Å². The Morgan fingerprint density at radius 3 is 2.86 bits per heavy atom. The minimum absolute atomic E-state index is 0.307. The van der Waals surface area contributed by atoms with Gasteiger partial charge in [0.15, 0.2) is 0 Å². The van der Waals surface area contributed by atoms with Gasteiger partial charge in [0.1, 0.15) is 0 Å². The van der Waals surface area contributed by atoms with Gasteiger partial charge in [0.2, 0.25) is 0 Å². The van der Waals surface area contributed by atoms with E-state index in [4.69, 9.17) is 5.73 Å². The average molecular weight is 260 g/mol. The Morgan fingerprint density at radius 2 is 2.29 bits per heavy atom. The van der Waals surface area contributed by atoms with Crippen LogP contribution >= 0.6 is 15.9 Å². The van der Waals surface area contributed by atoms with Crippen LogP contribution in [0.3, 0.4) is 0 Å². The van der Waals surface area contributed by atoms with Crippen molar-refractivity contribution in [2.24, 2.45) is 5.73 Å². The molecule has 1 aromatic rings. The lowest BCUT2D eigenvalue weighted by molar-refractivity contribution is 0.698. The Balaban J connectivity index is 3.11. The van der Waals surface area contributed by atoms with Crippen LogP contribution in [-0.4, -0.2) is 16.1 Å². The van der Waals surface area contributed by atoms with Crippen molar-refractivity contribution in [1.29, 1.82) is 0 Å². The Bertz CT molecular complexity index is 460. The first-order valence-electron chi connectivity index (χ1n) is 3.90. The molecule has 76 valence electrons. The van der Waals surface area contributed by atoms with Crippen molar-refractivity contribution in [3.8, 4) is 0 Å². The maximum absolute atomic E-state index is 11.2. The van der Waals surface area contributed by atoms with Gasteiger partial charge in [-0.3, -0.25) is 14.3 Å². The molecule has 3 N–H and O–H groups in total. The number of halogens is 1. The van der Waals surface area contributed by atoms with E-state index in [-0.39, 0.29) is 0 Å². The molecule has 0 saturated heterocycles. The molecule has 0 atom stereocenters. The second kappa shape index (κ2) is 4.39. The molecule has 0 aliphatic heterocycles. The molecule has 0 radical (unpaired) electrons. The summed E-state index contributed by atoms with van der Waals surface area (Å²) in [5, 5.41) is 0. The molecule has 0 unspecified atom stereocenters. The Hall–Kier alpha value is -1.14. The van der Waals surface area contributed by atoms with Gasteiger partial charge in [-0.05, 0) is 21.5 Å². The quantitative estimate of drug-likeness (QED) is 0.739. The van der Waals surface area contributed by atoms with Crippen molar-refractivity contribution in [1.82, 2.24) is 9.55 Å². The number of nitrogens with zero attached hydrogens (tertiary/aromatic N) is 1. The summed E-state index contributed by atoms with van der Waals surface area (Å²) in [7, 11) is 0. The van der Waals surface area contributed by atoms with Crippen molar-refractivity contribution < 1.29 is 0 Å². The lowest BCUT2D eigenvalue weighted by Gasteiger charge is -2.05. The van der Waals surface area contributed by atoms with E-state index < -0.39 is 11.2 Å². The topological polar surface area (TPSA) is 80.9 Å². The number of H-pyrrole nitrogens is 1. The number of aromatic amines is 1. The van der Waals surface area contributed by atoms with E-state index in [0.29, 0.717) is 23.1 Å². The zero-order valence-corrected chi connectivity index (χ0v) is 9.00. The van der Waals surface area contributed by atoms with E-state index in [0.717, 1.165) is 0 Å². The molecule has 0 aliphatic carbocycles. The number of hydrogen-bond acceptors (Lipinski definition) is 3. The molecule has 0 fully saturated rings. The molecule has 0 aliphatic rings. The first kappa shape index (κ1) is 10.9. The Morgan fingerprint density at radius 1 is 1.64 bits per heavy atom. The number of hydrogen-bond donors (Lipinski definition) is 2. The van der Waals surface area contributed by atoms with Crippen LogP contribution in [0, 0.1) is 0 Å². The molecule has 1 aromatic heterocycles. The van der Waals surface area contributed by atoms with Crippen LogP contribution in [0.1, 0.15) is 0 Å². The largest absolute Gasteiger partial charge is 0.328 e. The minimum atomic E-state index is -0.465. The first-order chi connectivity index (χ1) is 6.54. The number of nitrogens with two attached hydrogens (primary N) is 1. The van der Waals surface area contributed by atoms with Gasteiger partial charge >= 0.3 is 5.69 Å². The maximum atomic E-state index is 11.2. The number of aromatic nitrogens is 2. The van der Waals surface area contributed by atoms with Gasteiger partial charge in [-0.15, -0.1) is 0 Å². The maximum Gasteiger partial charge on any atom is 0.328 e. The lowest BCUT2D eigenvalue weighted by Crippen LogP contribution is -2.30. The van der Waals surface area contributed by atoms with Gasteiger partial charge < -0.3 is 5.73 Å². The van der Waals surface area contributed by atoms with Gasteiger partial charge in [0, 0.05) is 19.3 Å². The summed E-state index contributed by atoms with van der Waals surface area (Å²) >= 11 is 3.03. The number of nitrogens with one attached hydrogen (secondary N) is 1. The zero-order valence-electron chi connectivity index (χ0n) is 7.42. The molecule has 0 aromatic carbocycles. The van der Waals surface area contributed by atoms with Crippen LogP contribution in [-0.2, 0) is 6.54 Å². The third-order valence-corrected chi connectivity index (χ3v) is 2.21. The standard InChI is InChI=1S/C8H10BrN3O2/c1-5(2-10)3-12-4-6(9)7(13)11-8(12)14/h4H,1-3,10H2,(H,11,13,14). The van der Waals surface area contributed by atoms with E-state index in [2.05, 4.69) is 27.5 Å². The second-order valence-electron chi connectivity index (χ2n) is 2.82. The summed E-state index contributed by atoms with van der Waals surface area (Å²) in [6.07, 6.45) is 1.42. The van der Waals surface area contributed by atoms with Gasteiger partial charge in [-0.25, -0.2) is 4.79 Å². The Labute approximate surface area is 88.4 Å². The molecular weight excluding hydrogens is 250 g/mol. The highest BCUT2D eigenvalue weighted by atomic mass is 79.9. The monoisotopic (exact) mass is 259 g/mol. The SMILES string of the molecule is C=C(CN)Cn1cc(Br)c(=O)[nH]c1=O. The summed E-state index contributed by atoms with van der Waals surface area (Å²) in [6, 6.07) is 0. The molecule has 0 saturated carbocycles. The van der Waals surface area contributed by atoms with Crippen LogP contribution in [0.25, 0.3) is 0 Å². The predicted octanol–water partition coefficient (Wildman–Crippen LogP) is -0.186. The summed E-state index contributed by atoms with van der Waals surface area (Å²) in [4.78, 5) is 24.4. The van der Waals surface area contributed by atoms with Gasteiger partial charge in [-0.2, -0.15) is 0 Å². The highest BCUT2D eigenvalue weighted by molar-refractivity contribution is 9.10. The van der Waals surface area contributed by atoms with Crippen molar-refractivity contribution in [2.75, 3.05) is 6.54 Å². The molecule has 5 nitrogen and oxygen atoms in total. The average Bonchev–Trinajstić information content (AvgIpc) is 2.14. The molecule has 6 heteroatoms. The highest BCUT2D eigenvalue weighted by Gasteiger charge is 2.02. The molecule has 0 amide bonds. The fourth-order valence-electron chi connectivity index (χ4n) is 0.906. The van der Waals surface area contributed by atoms with Crippen LogP contribution in [0.5, 0.6) is 0 Å². The van der Waals surface area contributed by atoms with E-state index in [1.807, 2.05) is 0 Å². The van der Waals surface area contributed by atoms with Gasteiger partial charge in [0.05, 0.1) is 4.47 Å². The molecular formula is C8H10BrN3O2. The molecule has 1 heterocycles. The van der Waals surface area contributed by atoms with Crippen LogP contribution in [0.2, 0.25) is 0 Å². The molecule has 14 heavy (non-hydrogen) atoms. The van der Waals surface area contributed by atoms with Crippen molar-refractivity contribution in [2.45, 2.75) is 6.54 Å². The summed E-state index contributed by atoms with van der Waals surface area (Å²) in [5.41, 5.74) is 5.15. The zero-order chi connectivity index (χ0) is 10.7. The first-order valence-corrected chi connectivity index (χ1v) is 4.70. The summed E-state index contributed by atoms with van der Waals surface area (Å²) < 4.78 is 1.64. The third kappa shape index (κ3) is 2.43. The molecule has 1 rings (SSSR count). The normalized spacial score (nSPS) is 10.1. The van der Waals surface area contributed by atoms with Crippen molar-refractivity contribution >= 4 is 15.9 Å². The second-order valence-corrected chi connectivity index (χ2v) is 3.67. The summed E-state index contributed by atoms with van der Waals surface area (Å²) in [5.74, 6) is 0. The smallest absolute Gasteiger partial charge is 0.327 e. The fourth-order valence-corrected chi connectivity index (χ4v) is 1.25. The van der Waals surface area contributed by atoms with Crippen molar-refractivity contribution in [3.63, 3.8) is 0 Å². The minimum Gasteiger partial charge on any atom is -0.327 e. The lowest BCUT2D eigenvalue weighted by atomic mass is 10.3. The van der Waals surface area contributed by atoms with Crippen molar-refractivity contribution in [3.05, 3.63) is 43.7 Å². The van der Waals surface area contributed by atoms with Gasteiger partial charge in [-0.1, -0.05) is 6.58 Å². The predicted molar refractivity (Wildman–Crippen MR) is 57.2 cm³/mol. The van der Waals surface area contributed by atoms with E-state index in [9.17, 15) is 9.59 Å². The van der Waals surface area contributed by atoms with Gasteiger partial charge in [0.25, 0.3) is 5.56 Å². The molecule has 0 spiro atoms. The van der Waals surface area contributed by atoms with Crippen LogP contribution < -0.4 is 17.0 Å². The highest BCUT2D eigenvalue weighted by Crippen LogP contribution is 1.99. The number of rotatable bonds is 3. The third-order valence-electron chi connectivity index (χ3n) is 1.65. The van der Waals surface area contributed by atoms with Crippen LogP contribution in [0.4, 0.5) is 0 Å². The summed E-state index contributed by atoms with van der Waals surface area (Å²) in [6.45, 7) is 4.29.